The molecule has 0 bridgehead atoms. The van der Waals surface area contributed by atoms with E-state index in [-0.39, 0.29) is 24.1 Å². The normalized spacial score (nSPS) is 11.9. The fourth-order valence-corrected chi connectivity index (χ4v) is 1.69. The van der Waals surface area contributed by atoms with E-state index >= 15 is 0 Å². The maximum atomic E-state index is 11.9. The first kappa shape index (κ1) is 15.0. The van der Waals surface area contributed by atoms with Gasteiger partial charge in [-0.25, -0.2) is 0 Å². The SMILES string of the molecule is Cc1ccc(C(=O)NC(C)CCCC(=O)O)cc1O. The first-order chi connectivity index (χ1) is 8.90. The number of phenols is 1. The maximum Gasteiger partial charge on any atom is 0.303 e. The number of aliphatic carboxylic acids is 1. The van der Waals surface area contributed by atoms with Crippen molar-refractivity contribution in [2.24, 2.45) is 0 Å². The summed E-state index contributed by atoms with van der Waals surface area (Å²) in [6, 6.07) is 4.65. The van der Waals surface area contributed by atoms with Gasteiger partial charge in [0.1, 0.15) is 5.75 Å². The number of aromatic hydroxyl groups is 1. The lowest BCUT2D eigenvalue weighted by molar-refractivity contribution is -0.137. The zero-order chi connectivity index (χ0) is 14.4. The number of aryl methyl sites for hydroxylation is 1. The molecular weight excluding hydrogens is 246 g/mol. The van der Waals surface area contributed by atoms with E-state index in [0.29, 0.717) is 24.0 Å². The van der Waals surface area contributed by atoms with Crippen LogP contribution in [0.15, 0.2) is 18.2 Å². The van der Waals surface area contributed by atoms with Crippen LogP contribution in [0.4, 0.5) is 0 Å². The zero-order valence-corrected chi connectivity index (χ0v) is 11.1. The molecule has 0 aliphatic rings. The number of hydrogen-bond acceptors (Lipinski definition) is 3. The molecule has 0 fully saturated rings. The molecule has 5 heteroatoms. The predicted octanol–water partition coefficient (Wildman–Crippen LogP) is 2.07. The van der Waals surface area contributed by atoms with E-state index in [4.69, 9.17) is 5.11 Å². The van der Waals surface area contributed by atoms with E-state index in [1.165, 1.54) is 6.07 Å². The molecule has 19 heavy (non-hydrogen) atoms. The summed E-state index contributed by atoms with van der Waals surface area (Å²) in [5.74, 6) is -1.01. The van der Waals surface area contributed by atoms with Crippen LogP contribution in [0.3, 0.4) is 0 Å². The van der Waals surface area contributed by atoms with Crippen molar-refractivity contribution in [3.05, 3.63) is 29.3 Å². The van der Waals surface area contributed by atoms with Gasteiger partial charge in [0.25, 0.3) is 5.91 Å². The van der Waals surface area contributed by atoms with Gasteiger partial charge in [-0.15, -0.1) is 0 Å². The number of carbonyl (C=O) groups is 2. The molecule has 0 radical (unpaired) electrons. The largest absolute Gasteiger partial charge is 0.508 e. The highest BCUT2D eigenvalue weighted by molar-refractivity contribution is 5.94. The number of carboxylic acid groups (broad SMARTS) is 1. The number of amides is 1. The molecule has 0 aliphatic carbocycles. The van der Waals surface area contributed by atoms with Crippen molar-refractivity contribution in [2.45, 2.75) is 39.2 Å². The average molecular weight is 265 g/mol. The average Bonchev–Trinajstić information content (AvgIpc) is 2.32. The molecule has 0 spiro atoms. The summed E-state index contributed by atoms with van der Waals surface area (Å²) in [6.07, 6.45) is 1.23. The Labute approximate surface area is 112 Å². The monoisotopic (exact) mass is 265 g/mol. The first-order valence-corrected chi connectivity index (χ1v) is 6.22. The third-order valence-corrected chi connectivity index (χ3v) is 2.88. The van der Waals surface area contributed by atoms with Crippen LogP contribution in [-0.4, -0.2) is 28.1 Å². The summed E-state index contributed by atoms with van der Waals surface area (Å²) < 4.78 is 0. The predicted molar refractivity (Wildman–Crippen MR) is 71.3 cm³/mol. The van der Waals surface area contributed by atoms with E-state index in [2.05, 4.69) is 5.32 Å². The van der Waals surface area contributed by atoms with Crippen LogP contribution in [-0.2, 0) is 4.79 Å². The lowest BCUT2D eigenvalue weighted by atomic mass is 10.1. The van der Waals surface area contributed by atoms with E-state index in [1.54, 1.807) is 19.1 Å². The molecule has 1 unspecified atom stereocenters. The second-order valence-corrected chi connectivity index (χ2v) is 4.66. The molecule has 0 heterocycles. The van der Waals surface area contributed by atoms with Gasteiger partial charge < -0.3 is 15.5 Å². The quantitative estimate of drug-likeness (QED) is 0.735. The molecule has 5 nitrogen and oxygen atoms in total. The van der Waals surface area contributed by atoms with E-state index in [0.717, 1.165) is 0 Å². The van der Waals surface area contributed by atoms with Crippen molar-refractivity contribution in [1.82, 2.24) is 5.32 Å². The Morgan fingerprint density at radius 1 is 1.37 bits per heavy atom. The van der Waals surface area contributed by atoms with Crippen LogP contribution in [0.5, 0.6) is 5.75 Å². The molecule has 1 amide bonds. The number of rotatable bonds is 6. The van der Waals surface area contributed by atoms with Crippen molar-refractivity contribution in [3.8, 4) is 5.75 Å². The minimum absolute atomic E-state index is 0.0891. The van der Waals surface area contributed by atoms with Gasteiger partial charge in [0.05, 0.1) is 0 Å². The van der Waals surface area contributed by atoms with Gasteiger partial charge in [-0.05, 0) is 44.4 Å². The van der Waals surface area contributed by atoms with Gasteiger partial charge >= 0.3 is 5.97 Å². The highest BCUT2D eigenvalue weighted by Crippen LogP contribution is 2.17. The molecule has 1 aromatic carbocycles. The molecule has 0 aromatic heterocycles. The topological polar surface area (TPSA) is 86.6 Å². The highest BCUT2D eigenvalue weighted by Gasteiger charge is 2.11. The van der Waals surface area contributed by atoms with Crippen LogP contribution in [0.1, 0.15) is 42.1 Å². The third-order valence-electron chi connectivity index (χ3n) is 2.88. The van der Waals surface area contributed by atoms with Gasteiger partial charge in [-0.2, -0.15) is 0 Å². The van der Waals surface area contributed by atoms with Crippen LogP contribution in [0, 0.1) is 6.92 Å². The molecule has 0 saturated carbocycles. The summed E-state index contributed by atoms with van der Waals surface area (Å²) in [5, 5.41) is 20.8. The van der Waals surface area contributed by atoms with Crippen LogP contribution in [0.25, 0.3) is 0 Å². The number of phenolic OH excluding ortho intramolecular Hbond substituents is 1. The van der Waals surface area contributed by atoms with Crippen molar-refractivity contribution >= 4 is 11.9 Å². The minimum atomic E-state index is -0.831. The Balaban J connectivity index is 2.49. The number of carboxylic acids is 1. The van der Waals surface area contributed by atoms with E-state index in [1.807, 2.05) is 6.92 Å². The first-order valence-electron chi connectivity index (χ1n) is 6.22. The van der Waals surface area contributed by atoms with Crippen molar-refractivity contribution < 1.29 is 19.8 Å². The summed E-state index contributed by atoms with van der Waals surface area (Å²) in [6.45, 7) is 3.58. The van der Waals surface area contributed by atoms with Crippen LogP contribution >= 0.6 is 0 Å². The fourth-order valence-electron chi connectivity index (χ4n) is 1.69. The Kier molecular flexibility index (Phi) is 5.36. The van der Waals surface area contributed by atoms with Gasteiger partial charge in [0.15, 0.2) is 0 Å². The van der Waals surface area contributed by atoms with Gasteiger partial charge in [-0.3, -0.25) is 9.59 Å². The minimum Gasteiger partial charge on any atom is -0.508 e. The van der Waals surface area contributed by atoms with E-state index in [9.17, 15) is 14.7 Å². The van der Waals surface area contributed by atoms with Gasteiger partial charge in [0.2, 0.25) is 0 Å². The Morgan fingerprint density at radius 2 is 2.05 bits per heavy atom. The summed E-state index contributed by atoms with van der Waals surface area (Å²) in [5.41, 5.74) is 1.11. The number of benzene rings is 1. The second-order valence-electron chi connectivity index (χ2n) is 4.66. The Hall–Kier alpha value is -2.04. The summed E-state index contributed by atoms with van der Waals surface area (Å²) in [4.78, 5) is 22.3. The highest BCUT2D eigenvalue weighted by atomic mass is 16.4. The molecule has 1 aromatic rings. The molecule has 1 rings (SSSR count). The molecule has 3 N–H and O–H groups in total. The lowest BCUT2D eigenvalue weighted by Gasteiger charge is -2.13. The smallest absolute Gasteiger partial charge is 0.303 e. The molecular formula is C14H19NO4. The van der Waals surface area contributed by atoms with Gasteiger partial charge in [-0.1, -0.05) is 6.07 Å². The van der Waals surface area contributed by atoms with Crippen molar-refractivity contribution in [1.29, 1.82) is 0 Å². The number of hydrogen-bond donors (Lipinski definition) is 3. The van der Waals surface area contributed by atoms with Crippen LogP contribution < -0.4 is 5.32 Å². The van der Waals surface area contributed by atoms with Crippen molar-refractivity contribution in [2.75, 3.05) is 0 Å². The molecule has 0 aliphatic heterocycles. The van der Waals surface area contributed by atoms with E-state index < -0.39 is 5.97 Å². The Morgan fingerprint density at radius 3 is 2.63 bits per heavy atom. The molecule has 1 atom stereocenters. The zero-order valence-electron chi connectivity index (χ0n) is 11.1. The van der Waals surface area contributed by atoms with Crippen molar-refractivity contribution in [3.63, 3.8) is 0 Å². The van der Waals surface area contributed by atoms with Crippen LogP contribution in [0.2, 0.25) is 0 Å². The lowest BCUT2D eigenvalue weighted by Crippen LogP contribution is -2.32. The third kappa shape index (κ3) is 4.99. The van der Waals surface area contributed by atoms with Gasteiger partial charge in [0, 0.05) is 18.0 Å². The summed E-state index contributed by atoms with van der Waals surface area (Å²) in [7, 11) is 0. The Bertz CT molecular complexity index is 471. The maximum absolute atomic E-state index is 11.9. The number of nitrogens with one attached hydrogen (secondary N) is 1. The summed E-state index contributed by atoms with van der Waals surface area (Å²) >= 11 is 0. The number of carbonyl (C=O) groups excluding carboxylic acids is 1. The fraction of sp³-hybridized carbons (Fsp3) is 0.429. The second kappa shape index (κ2) is 6.78. The molecule has 104 valence electrons. The standard InChI is InChI=1S/C14H19NO4/c1-9-6-7-11(8-12(9)16)14(19)15-10(2)4-3-5-13(17)18/h6-8,10,16H,3-5H2,1-2H3,(H,15,19)(H,17,18). The molecule has 0 saturated heterocycles.